The number of nitrogens with two attached hydrogens (primary N) is 1. The molecule has 3 atom stereocenters. The topological polar surface area (TPSA) is 101 Å². The van der Waals surface area contributed by atoms with Gasteiger partial charge < -0.3 is 15.9 Å². The summed E-state index contributed by atoms with van der Waals surface area (Å²) < 4.78 is 28.3. The maximum absolute atomic E-state index is 13.8. The second-order valence-corrected chi connectivity index (χ2v) is 5.20. The summed E-state index contributed by atoms with van der Waals surface area (Å²) in [5.74, 6) is -3.60. The minimum Gasteiger partial charge on any atom is -0.395 e. The van der Waals surface area contributed by atoms with Crippen LogP contribution in [0.25, 0.3) is 0 Å². The first kappa shape index (κ1) is 13.2. The van der Waals surface area contributed by atoms with Gasteiger partial charge in [0.25, 0.3) is 0 Å². The highest BCUT2D eigenvalue weighted by Gasteiger charge is 2.58. The number of alkyl halides is 2. The molecular weight excluding hydrogens is 268 g/mol. The summed E-state index contributed by atoms with van der Waals surface area (Å²) >= 11 is 0.631. The van der Waals surface area contributed by atoms with Gasteiger partial charge in [-0.2, -0.15) is 4.98 Å². The molecule has 1 saturated heterocycles. The zero-order valence-corrected chi connectivity index (χ0v) is 9.85. The van der Waals surface area contributed by atoms with E-state index in [-0.39, 0.29) is 5.82 Å². The largest absolute Gasteiger partial charge is 0.395 e. The maximum Gasteiger partial charge on any atom is 0.350 e. The summed E-state index contributed by atoms with van der Waals surface area (Å²) in [6.07, 6.45) is -0.912. The third kappa shape index (κ3) is 1.98. The predicted molar refractivity (Wildman–Crippen MR) is 61.4 cm³/mol. The van der Waals surface area contributed by atoms with E-state index in [0.29, 0.717) is 16.3 Å². The van der Waals surface area contributed by atoms with Gasteiger partial charge in [0.05, 0.1) is 11.9 Å². The Bertz CT molecular complexity index is 510. The third-order valence-electron chi connectivity index (χ3n) is 2.66. The van der Waals surface area contributed by atoms with Crippen LogP contribution < -0.4 is 11.4 Å². The minimum atomic E-state index is -3.53. The van der Waals surface area contributed by atoms with Crippen LogP contribution >= 0.6 is 11.8 Å². The van der Waals surface area contributed by atoms with Gasteiger partial charge in [0.2, 0.25) is 0 Å². The number of hydrogen-bond acceptors (Lipinski definition) is 6. The molecule has 9 heteroatoms. The molecule has 18 heavy (non-hydrogen) atoms. The van der Waals surface area contributed by atoms with Crippen molar-refractivity contribution in [3.8, 4) is 0 Å². The number of nitrogen functional groups attached to an aromatic ring is 1. The molecule has 1 aromatic heterocycles. The Morgan fingerprint density at radius 3 is 2.78 bits per heavy atom. The van der Waals surface area contributed by atoms with E-state index in [4.69, 9.17) is 10.8 Å². The molecule has 0 aromatic carbocycles. The minimum absolute atomic E-state index is 0.0678. The van der Waals surface area contributed by atoms with Gasteiger partial charge in [-0.15, -0.1) is 11.8 Å². The van der Waals surface area contributed by atoms with Crippen molar-refractivity contribution in [2.45, 2.75) is 22.7 Å². The Labute approximate surface area is 104 Å². The number of nitrogens with zero attached hydrogens (tertiary/aromatic N) is 2. The first-order chi connectivity index (χ1) is 8.37. The number of rotatable bonds is 2. The second-order valence-electron chi connectivity index (χ2n) is 3.87. The van der Waals surface area contributed by atoms with Crippen molar-refractivity contribution in [2.24, 2.45) is 0 Å². The highest BCUT2D eigenvalue weighted by Crippen LogP contribution is 2.51. The van der Waals surface area contributed by atoms with Gasteiger partial charge in [0, 0.05) is 6.20 Å². The maximum atomic E-state index is 13.8. The number of halogens is 2. The zero-order valence-electron chi connectivity index (χ0n) is 9.03. The molecule has 0 aliphatic carbocycles. The molecule has 2 heterocycles. The van der Waals surface area contributed by atoms with Crippen molar-refractivity contribution in [3.63, 3.8) is 0 Å². The van der Waals surface area contributed by atoms with Crippen LogP contribution in [0.4, 0.5) is 14.6 Å². The van der Waals surface area contributed by atoms with Gasteiger partial charge in [-0.1, -0.05) is 0 Å². The molecule has 1 aliphatic heterocycles. The molecule has 1 fully saturated rings. The molecule has 2 rings (SSSR count). The van der Waals surface area contributed by atoms with Crippen LogP contribution in [0.1, 0.15) is 5.37 Å². The highest BCUT2D eigenvalue weighted by atomic mass is 32.2. The van der Waals surface area contributed by atoms with Gasteiger partial charge in [0.15, 0.2) is 5.37 Å². The lowest BCUT2D eigenvalue weighted by molar-refractivity contribution is -0.114. The van der Waals surface area contributed by atoms with Crippen LogP contribution in [-0.4, -0.2) is 43.6 Å². The Hall–Kier alpha value is -1.19. The summed E-state index contributed by atoms with van der Waals surface area (Å²) in [4.78, 5) is 14.9. The lowest BCUT2D eigenvalue weighted by Crippen LogP contribution is -2.41. The van der Waals surface area contributed by atoms with Crippen LogP contribution in [0.3, 0.4) is 0 Å². The highest BCUT2D eigenvalue weighted by molar-refractivity contribution is 8.00. The normalized spacial score (nSPS) is 30.6. The molecule has 100 valence electrons. The van der Waals surface area contributed by atoms with E-state index in [1.165, 1.54) is 6.07 Å². The van der Waals surface area contributed by atoms with E-state index in [9.17, 15) is 18.7 Å². The van der Waals surface area contributed by atoms with Crippen LogP contribution in [0.5, 0.6) is 0 Å². The summed E-state index contributed by atoms with van der Waals surface area (Å²) in [5.41, 5.74) is 4.35. The molecule has 1 aliphatic rings. The summed E-state index contributed by atoms with van der Waals surface area (Å²) in [7, 11) is 0. The number of hydrogen-bond donors (Lipinski definition) is 3. The molecule has 0 amide bonds. The van der Waals surface area contributed by atoms with E-state index >= 15 is 0 Å². The molecule has 0 unspecified atom stereocenters. The van der Waals surface area contributed by atoms with E-state index in [1.807, 2.05) is 0 Å². The fourth-order valence-electron chi connectivity index (χ4n) is 1.72. The average Bonchev–Trinajstić information content (AvgIpc) is 2.52. The molecular formula is C9H11F2N3O3S. The molecule has 0 radical (unpaired) electrons. The average molecular weight is 279 g/mol. The molecule has 6 nitrogen and oxygen atoms in total. The zero-order chi connectivity index (χ0) is 13.5. The Balaban J connectivity index is 2.42. The number of aromatic nitrogens is 2. The Morgan fingerprint density at radius 2 is 2.28 bits per heavy atom. The van der Waals surface area contributed by atoms with Crippen molar-refractivity contribution in [2.75, 3.05) is 12.3 Å². The van der Waals surface area contributed by atoms with Crippen molar-refractivity contribution >= 4 is 17.6 Å². The monoisotopic (exact) mass is 279 g/mol. The standard InChI is InChI=1S/C9H11F2N3O3S/c10-9(11)6(16)4(3-15)18-7(9)14-2-1-5(12)13-8(14)17/h1-2,4,6-7,15-16H,3H2,(H2,12,13,17)/t4-,6-,7-/m0/s1. The Kier molecular flexibility index (Phi) is 3.30. The molecule has 4 N–H and O–H groups in total. The summed E-state index contributed by atoms with van der Waals surface area (Å²) in [6.45, 7) is -0.602. The molecule has 0 spiro atoms. The second kappa shape index (κ2) is 4.48. The number of thioether (sulfide) groups is 1. The van der Waals surface area contributed by atoms with Crippen LogP contribution in [0.15, 0.2) is 17.1 Å². The van der Waals surface area contributed by atoms with E-state index in [0.717, 1.165) is 6.20 Å². The van der Waals surface area contributed by atoms with E-state index < -0.39 is 34.9 Å². The molecule has 0 bridgehead atoms. The predicted octanol–water partition coefficient (Wildman–Crippen LogP) is -0.572. The molecule has 1 aromatic rings. The fraction of sp³-hybridized carbons (Fsp3) is 0.556. The molecule has 0 saturated carbocycles. The van der Waals surface area contributed by atoms with Crippen LogP contribution in [-0.2, 0) is 0 Å². The van der Waals surface area contributed by atoms with Crippen molar-refractivity contribution in [3.05, 3.63) is 22.7 Å². The number of aliphatic hydroxyl groups excluding tert-OH is 2. The van der Waals surface area contributed by atoms with Gasteiger partial charge in [-0.3, -0.25) is 4.57 Å². The van der Waals surface area contributed by atoms with E-state index in [2.05, 4.69) is 4.98 Å². The SMILES string of the molecule is Nc1ccn([C@H]2S[C@@H](CO)[C@H](O)C2(F)F)c(=O)n1. The van der Waals surface area contributed by atoms with E-state index in [1.54, 1.807) is 0 Å². The van der Waals surface area contributed by atoms with Crippen LogP contribution in [0.2, 0.25) is 0 Å². The summed E-state index contributed by atoms with van der Waals surface area (Å²) in [5, 5.41) is 15.7. The number of aliphatic hydroxyl groups is 2. The van der Waals surface area contributed by atoms with Gasteiger partial charge >= 0.3 is 11.6 Å². The lowest BCUT2D eigenvalue weighted by atomic mass is 10.1. The number of anilines is 1. The van der Waals surface area contributed by atoms with Gasteiger partial charge in [-0.25, -0.2) is 13.6 Å². The van der Waals surface area contributed by atoms with Crippen molar-refractivity contribution in [1.29, 1.82) is 0 Å². The van der Waals surface area contributed by atoms with Crippen molar-refractivity contribution in [1.82, 2.24) is 9.55 Å². The van der Waals surface area contributed by atoms with Crippen LogP contribution in [0, 0.1) is 0 Å². The lowest BCUT2D eigenvalue weighted by Gasteiger charge is -2.22. The third-order valence-corrected chi connectivity index (χ3v) is 4.22. The first-order valence-corrected chi connectivity index (χ1v) is 5.99. The van der Waals surface area contributed by atoms with Crippen molar-refractivity contribution < 1.29 is 19.0 Å². The smallest absolute Gasteiger partial charge is 0.350 e. The van der Waals surface area contributed by atoms with Gasteiger partial charge in [0.1, 0.15) is 11.9 Å². The quantitative estimate of drug-likeness (QED) is 0.670. The Morgan fingerprint density at radius 1 is 1.61 bits per heavy atom. The first-order valence-electron chi connectivity index (χ1n) is 5.04. The summed E-state index contributed by atoms with van der Waals surface area (Å²) in [6, 6.07) is 1.22. The fourth-order valence-corrected chi connectivity index (χ4v) is 3.08. The van der Waals surface area contributed by atoms with Gasteiger partial charge in [-0.05, 0) is 6.07 Å².